The summed E-state index contributed by atoms with van der Waals surface area (Å²) in [6.45, 7) is 8.15. The summed E-state index contributed by atoms with van der Waals surface area (Å²) in [4.78, 5) is 16.8. The molecule has 0 aliphatic heterocycles. The van der Waals surface area contributed by atoms with Gasteiger partial charge in [-0.1, -0.05) is 78.3 Å². The first-order chi connectivity index (χ1) is 14.0. The number of hydrogen-bond donors (Lipinski definition) is 1. The molecule has 0 radical (unpaired) electrons. The number of hydrogen-bond acceptors (Lipinski definition) is 5. The van der Waals surface area contributed by atoms with Crippen LogP contribution in [0.15, 0.2) is 53.7 Å². The lowest BCUT2D eigenvalue weighted by Crippen LogP contribution is -2.33. The third-order valence-electron chi connectivity index (χ3n) is 4.67. The van der Waals surface area contributed by atoms with Gasteiger partial charge in [-0.05, 0) is 27.2 Å². The van der Waals surface area contributed by atoms with Crippen LogP contribution in [0.3, 0.4) is 0 Å². The van der Waals surface area contributed by atoms with Crippen molar-refractivity contribution in [3.8, 4) is 22.5 Å². The van der Waals surface area contributed by atoms with Gasteiger partial charge in [0.15, 0.2) is 0 Å². The molecule has 0 fully saturated rings. The maximum absolute atomic E-state index is 12.1. The van der Waals surface area contributed by atoms with Gasteiger partial charge in [-0.25, -0.2) is 4.98 Å². The van der Waals surface area contributed by atoms with Gasteiger partial charge in [-0.2, -0.15) is 0 Å². The number of nitrogens with one attached hydrogen (secondary N) is 1. The molecule has 0 bridgehead atoms. The van der Waals surface area contributed by atoms with Crippen molar-refractivity contribution in [2.24, 2.45) is 0 Å². The highest BCUT2D eigenvalue weighted by molar-refractivity contribution is 7.99. The van der Waals surface area contributed by atoms with Gasteiger partial charge in [0, 0.05) is 17.2 Å². The van der Waals surface area contributed by atoms with E-state index in [0.717, 1.165) is 28.9 Å². The molecular weight excluding hydrogens is 380 g/mol. The van der Waals surface area contributed by atoms with Crippen LogP contribution >= 0.6 is 11.8 Å². The number of carbonyl (C=O) groups is 1. The van der Waals surface area contributed by atoms with Gasteiger partial charge in [0.05, 0.1) is 5.75 Å². The first-order valence-corrected chi connectivity index (χ1v) is 10.8. The van der Waals surface area contributed by atoms with Crippen LogP contribution in [-0.4, -0.2) is 32.9 Å². The number of rotatable bonds is 7. The number of amides is 1. The van der Waals surface area contributed by atoms with E-state index in [0.29, 0.717) is 5.16 Å². The highest BCUT2D eigenvalue weighted by Gasteiger charge is 2.15. The van der Waals surface area contributed by atoms with E-state index in [4.69, 9.17) is 4.98 Å². The Hall–Kier alpha value is -2.73. The number of aryl methyl sites for hydroxylation is 2. The zero-order valence-electron chi connectivity index (χ0n) is 17.3. The molecule has 1 N–H and O–H groups in total. The lowest BCUT2D eigenvalue weighted by molar-refractivity contribution is -0.119. The van der Waals surface area contributed by atoms with E-state index in [-0.39, 0.29) is 17.7 Å². The minimum Gasteiger partial charge on any atom is -0.353 e. The Labute approximate surface area is 176 Å². The van der Waals surface area contributed by atoms with E-state index in [1.807, 2.05) is 38.1 Å². The standard InChI is InChI=1S/C23H26N4OS/c1-5-17(4)24-20(28)14-29-23-25-21(18-10-6-15(2)7-11-18)22(26-27-23)19-12-8-16(3)9-13-19/h6-13,17H,5,14H2,1-4H3,(H,24,28)/t17-/m0/s1. The molecular formula is C23H26N4OS. The number of aromatic nitrogens is 3. The first kappa shape index (κ1) is 21.0. The minimum atomic E-state index is -0.0209. The van der Waals surface area contributed by atoms with Crippen molar-refractivity contribution in [3.63, 3.8) is 0 Å². The van der Waals surface area contributed by atoms with Crippen LogP contribution in [0.2, 0.25) is 0 Å². The van der Waals surface area contributed by atoms with Gasteiger partial charge in [0.1, 0.15) is 11.4 Å². The average molecular weight is 407 g/mol. The fourth-order valence-electron chi connectivity index (χ4n) is 2.74. The predicted molar refractivity (Wildman–Crippen MR) is 119 cm³/mol. The molecule has 29 heavy (non-hydrogen) atoms. The van der Waals surface area contributed by atoms with Crippen LogP contribution in [0.1, 0.15) is 31.4 Å². The van der Waals surface area contributed by atoms with Crippen LogP contribution in [0.4, 0.5) is 0 Å². The molecule has 0 saturated heterocycles. The van der Waals surface area contributed by atoms with Crippen LogP contribution in [0.5, 0.6) is 0 Å². The molecule has 0 saturated carbocycles. The molecule has 1 atom stereocenters. The molecule has 3 rings (SSSR count). The van der Waals surface area contributed by atoms with Gasteiger partial charge in [-0.3, -0.25) is 4.79 Å². The van der Waals surface area contributed by atoms with Gasteiger partial charge in [-0.15, -0.1) is 10.2 Å². The zero-order chi connectivity index (χ0) is 20.8. The second kappa shape index (κ2) is 9.65. The van der Waals surface area contributed by atoms with E-state index in [1.54, 1.807) is 0 Å². The number of benzene rings is 2. The van der Waals surface area contributed by atoms with E-state index in [2.05, 4.69) is 53.6 Å². The van der Waals surface area contributed by atoms with Crippen LogP contribution in [-0.2, 0) is 4.79 Å². The summed E-state index contributed by atoms with van der Waals surface area (Å²) in [5, 5.41) is 12.2. The van der Waals surface area contributed by atoms with Crippen molar-refractivity contribution in [1.29, 1.82) is 0 Å². The van der Waals surface area contributed by atoms with Gasteiger partial charge in [0.2, 0.25) is 11.1 Å². The number of thioether (sulfide) groups is 1. The lowest BCUT2D eigenvalue weighted by atomic mass is 10.0. The fraction of sp³-hybridized carbons (Fsp3) is 0.304. The van der Waals surface area contributed by atoms with Crippen LogP contribution in [0, 0.1) is 13.8 Å². The lowest BCUT2D eigenvalue weighted by Gasteiger charge is -2.12. The summed E-state index contributed by atoms with van der Waals surface area (Å²) in [6.07, 6.45) is 0.900. The Morgan fingerprint density at radius 2 is 1.48 bits per heavy atom. The molecule has 0 spiro atoms. The van der Waals surface area contributed by atoms with Crippen molar-refractivity contribution < 1.29 is 4.79 Å². The largest absolute Gasteiger partial charge is 0.353 e. The molecule has 0 aliphatic carbocycles. The van der Waals surface area contributed by atoms with E-state index in [9.17, 15) is 4.79 Å². The van der Waals surface area contributed by atoms with Gasteiger partial charge in [0.25, 0.3) is 0 Å². The summed E-state index contributed by atoms with van der Waals surface area (Å²) in [7, 11) is 0. The fourth-order valence-corrected chi connectivity index (χ4v) is 3.34. The Balaban J connectivity index is 1.90. The summed E-state index contributed by atoms with van der Waals surface area (Å²) < 4.78 is 0. The second-order valence-corrected chi connectivity index (χ2v) is 8.13. The van der Waals surface area contributed by atoms with Gasteiger partial charge >= 0.3 is 0 Å². The normalized spacial score (nSPS) is 11.9. The van der Waals surface area contributed by atoms with E-state index >= 15 is 0 Å². The molecule has 5 nitrogen and oxygen atoms in total. The van der Waals surface area contributed by atoms with E-state index < -0.39 is 0 Å². The molecule has 1 heterocycles. The van der Waals surface area contributed by atoms with Crippen LogP contribution < -0.4 is 5.32 Å². The van der Waals surface area contributed by atoms with Crippen molar-refractivity contribution in [2.45, 2.75) is 45.3 Å². The molecule has 6 heteroatoms. The van der Waals surface area contributed by atoms with Crippen molar-refractivity contribution >= 4 is 17.7 Å². The highest BCUT2D eigenvalue weighted by Crippen LogP contribution is 2.30. The Bertz CT molecular complexity index is 971. The van der Waals surface area contributed by atoms with Crippen molar-refractivity contribution in [3.05, 3.63) is 59.7 Å². The molecule has 0 unspecified atom stereocenters. The molecule has 3 aromatic rings. The smallest absolute Gasteiger partial charge is 0.230 e. The van der Waals surface area contributed by atoms with Crippen molar-refractivity contribution in [1.82, 2.24) is 20.5 Å². The van der Waals surface area contributed by atoms with Crippen LogP contribution in [0.25, 0.3) is 22.5 Å². The van der Waals surface area contributed by atoms with Crippen molar-refractivity contribution in [2.75, 3.05) is 5.75 Å². The van der Waals surface area contributed by atoms with Gasteiger partial charge < -0.3 is 5.32 Å². The number of nitrogens with zero attached hydrogens (tertiary/aromatic N) is 3. The molecule has 2 aromatic carbocycles. The highest BCUT2D eigenvalue weighted by atomic mass is 32.2. The Morgan fingerprint density at radius 1 is 0.931 bits per heavy atom. The quantitative estimate of drug-likeness (QED) is 0.569. The summed E-state index contributed by atoms with van der Waals surface area (Å²) in [5.41, 5.74) is 5.83. The minimum absolute atomic E-state index is 0.0209. The summed E-state index contributed by atoms with van der Waals surface area (Å²) >= 11 is 1.30. The first-order valence-electron chi connectivity index (χ1n) is 9.77. The molecule has 150 valence electrons. The average Bonchev–Trinajstić information content (AvgIpc) is 2.73. The predicted octanol–water partition coefficient (Wildman–Crippen LogP) is 4.83. The summed E-state index contributed by atoms with van der Waals surface area (Å²) in [5.74, 6) is 0.246. The Morgan fingerprint density at radius 3 is 2.03 bits per heavy atom. The summed E-state index contributed by atoms with van der Waals surface area (Å²) in [6, 6.07) is 16.5. The molecule has 1 amide bonds. The monoisotopic (exact) mass is 406 g/mol. The molecule has 0 aliphatic rings. The number of carbonyl (C=O) groups excluding carboxylic acids is 1. The SMILES string of the molecule is CC[C@H](C)NC(=O)CSc1nnc(-c2ccc(C)cc2)c(-c2ccc(C)cc2)n1. The zero-order valence-corrected chi connectivity index (χ0v) is 18.1. The molecule has 1 aromatic heterocycles. The Kier molecular flexibility index (Phi) is 6.99. The van der Waals surface area contributed by atoms with E-state index in [1.165, 1.54) is 22.9 Å². The maximum atomic E-state index is 12.1. The topological polar surface area (TPSA) is 67.8 Å². The third-order valence-corrected chi connectivity index (χ3v) is 5.51. The second-order valence-electron chi connectivity index (χ2n) is 7.19. The maximum Gasteiger partial charge on any atom is 0.230 e. The third kappa shape index (κ3) is 5.64.